The molecule has 0 nitrogen and oxygen atoms in total. The molecule has 8 rings (SSSR count). The minimum absolute atomic E-state index is 0.678. The van der Waals surface area contributed by atoms with Crippen molar-refractivity contribution in [1.29, 1.82) is 0 Å². The second-order valence-electron chi connectivity index (χ2n) is 13.4. The summed E-state index contributed by atoms with van der Waals surface area (Å²) >= 11 is -0.826. The number of benzene rings is 6. The predicted octanol–water partition coefficient (Wildman–Crippen LogP) is 15.8. The molecule has 1 unspecified atom stereocenters. The van der Waals surface area contributed by atoms with Gasteiger partial charge in [0.15, 0.2) is 0 Å². The van der Waals surface area contributed by atoms with Gasteiger partial charge in [-0.05, 0) is 45.0 Å². The molecule has 1 atom stereocenters. The van der Waals surface area contributed by atoms with Crippen LogP contribution in [0.3, 0.4) is 0 Å². The van der Waals surface area contributed by atoms with Crippen molar-refractivity contribution < 1.29 is 20.8 Å². The van der Waals surface area contributed by atoms with Gasteiger partial charge in [0, 0.05) is 9.52 Å². The standard InChI is InChI=1S/C25H25.C21H17.C2H6Si.2ClH.Zr/c1-3-9-18(4-2)21-16-20-12-8-15-24(25(20)17-21)23-14-7-11-19-10-5-6-13-22(19)23;1-14-12-20-15(2)10-11-19(21(20)13-14)18-9-5-7-16-6-3-4-8-17(16)18;1-3-2;;;/h5-8,10-18H,3-4,9H2,1-2H3;3-13H,1-2H3;1-2H3;2*1H;/q2*-1;;;;+4/p-2. The van der Waals surface area contributed by atoms with Crippen LogP contribution in [0.4, 0.5) is 0 Å². The molecule has 0 spiro atoms. The van der Waals surface area contributed by atoms with E-state index in [1.54, 1.807) is 0 Å². The molecule has 4 heteroatoms. The molecule has 52 heavy (non-hydrogen) atoms. The van der Waals surface area contributed by atoms with E-state index in [0.29, 0.717) is 5.92 Å². The van der Waals surface area contributed by atoms with Crippen LogP contribution in [-0.2, 0) is 20.8 Å². The number of hydrogen-bond acceptors (Lipinski definition) is 0. The predicted molar refractivity (Wildman–Crippen MR) is 232 cm³/mol. The summed E-state index contributed by atoms with van der Waals surface area (Å²) in [6, 6.07) is 51.2. The van der Waals surface area contributed by atoms with Crippen LogP contribution in [-0.4, -0.2) is 9.52 Å². The first-order chi connectivity index (χ1) is 25.4. The first-order valence-corrected chi connectivity index (χ1v) is 26.6. The molecule has 0 aliphatic rings. The Bertz CT molecular complexity index is 2330. The third-order valence-electron chi connectivity index (χ3n) is 9.78. The molecule has 0 aromatic heterocycles. The zero-order chi connectivity index (χ0) is 37.0. The van der Waals surface area contributed by atoms with E-state index in [9.17, 15) is 0 Å². The van der Waals surface area contributed by atoms with Gasteiger partial charge in [-0.25, -0.2) is 0 Å². The molecule has 262 valence electrons. The van der Waals surface area contributed by atoms with Crippen LogP contribution in [0.2, 0.25) is 13.1 Å². The molecule has 0 saturated heterocycles. The van der Waals surface area contributed by atoms with Gasteiger partial charge in [0.25, 0.3) is 0 Å². The fourth-order valence-electron chi connectivity index (χ4n) is 7.43. The van der Waals surface area contributed by atoms with Gasteiger partial charge in [0.05, 0.1) is 0 Å². The van der Waals surface area contributed by atoms with Gasteiger partial charge in [0.2, 0.25) is 0 Å². The normalized spacial score (nSPS) is 11.2. The van der Waals surface area contributed by atoms with Crippen molar-refractivity contribution in [2.24, 2.45) is 0 Å². The molecule has 0 saturated carbocycles. The van der Waals surface area contributed by atoms with Crippen molar-refractivity contribution in [3.8, 4) is 22.3 Å². The van der Waals surface area contributed by atoms with E-state index in [1.165, 1.54) is 101 Å². The Morgan fingerprint density at radius 2 is 1.10 bits per heavy atom. The Hall–Kier alpha value is -3.26. The minimum atomic E-state index is -0.826. The van der Waals surface area contributed by atoms with Gasteiger partial charge in [-0.15, -0.1) is 68.6 Å². The Morgan fingerprint density at radius 3 is 1.65 bits per heavy atom. The van der Waals surface area contributed by atoms with E-state index in [2.05, 4.69) is 180 Å². The van der Waals surface area contributed by atoms with Gasteiger partial charge < -0.3 is 0 Å². The van der Waals surface area contributed by atoms with Crippen molar-refractivity contribution in [3.63, 3.8) is 0 Å². The number of halogens is 2. The number of aryl methyl sites for hydroxylation is 2. The molecule has 2 radical (unpaired) electrons. The van der Waals surface area contributed by atoms with Crippen molar-refractivity contribution in [2.75, 3.05) is 0 Å². The van der Waals surface area contributed by atoms with Crippen LogP contribution in [0.15, 0.2) is 140 Å². The van der Waals surface area contributed by atoms with E-state index in [1.807, 2.05) is 0 Å². The molecule has 0 bridgehead atoms. The van der Waals surface area contributed by atoms with Gasteiger partial charge >= 0.3 is 37.9 Å². The SMILES string of the molecule is CCCC(CC)c1cc2c(-c3cccc4ccccc34)cccc2[cH-]1.C[Si]C.Cc1cc2c(-c3cccc4ccccc34)ccc(C)c2[cH-]1.[Cl][Zr+2][Cl]. The number of hydrogen-bond donors (Lipinski definition) is 0. The first-order valence-electron chi connectivity index (χ1n) is 18.3. The zero-order valence-electron chi connectivity index (χ0n) is 31.2. The maximum absolute atomic E-state index is 4.93. The molecule has 0 aliphatic carbocycles. The van der Waals surface area contributed by atoms with Crippen LogP contribution < -0.4 is 0 Å². The third kappa shape index (κ3) is 9.26. The van der Waals surface area contributed by atoms with Crippen LogP contribution in [0.25, 0.3) is 65.3 Å². The summed E-state index contributed by atoms with van der Waals surface area (Å²) in [6.45, 7) is 13.3. The second-order valence-corrected chi connectivity index (χ2v) is 18.1. The second kappa shape index (κ2) is 19.7. The van der Waals surface area contributed by atoms with Crippen LogP contribution in [0.1, 0.15) is 55.7 Å². The summed E-state index contributed by atoms with van der Waals surface area (Å²) < 4.78 is 0. The molecule has 0 amide bonds. The molecule has 0 N–H and O–H groups in total. The Morgan fingerprint density at radius 1 is 0.596 bits per heavy atom. The maximum atomic E-state index is 4.93. The topological polar surface area (TPSA) is 0 Å². The van der Waals surface area contributed by atoms with Crippen LogP contribution >= 0.6 is 17.0 Å². The fraction of sp³-hybridized carbons (Fsp3) is 0.208. The van der Waals surface area contributed by atoms with Crippen LogP contribution in [0.5, 0.6) is 0 Å². The average Bonchev–Trinajstić information content (AvgIpc) is 3.79. The van der Waals surface area contributed by atoms with E-state index in [-0.39, 0.29) is 0 Å². The molecule has 0 fully saturated rings. The fourth-order valence-corrected chi connectivity index (χ4v) is 7.43. The van der Waals surface area contributed by atoms with Crippen LogP contribution in [0, 0.1) is 13.8 Å². The summed E-state index contributed by atoms with van der Waals surface area (Å²) in [6.07, 6.45) is 3.74. The summed E-state index contributed by atoms with van der Waals surface area (Å²) in [4.78, 5) is 0. The van der Waals surface area contributed by atoms with Crippen molar-refractivity contribution in [3.05, 3.63) is 156 Å². The molecule has 8 aromatic carbocycles. The Balaban J connectivity index is 0.000000177. The van der Waals surface area contributed by atoms with Gasteiger partial charge in [-0.3, -0.25) is 0 Å². The monoisotopic (exact) mass is 812 g/mol. The molecular weight excluding hydrogens is 767 g/mol. The quantitative estimate of drug-likeness (QED) is 0.116. The van der Waals surface area contributed by atoms with Crippen molar-refractivity contribution in [2.45, 2.75) is 66.0 Å². The molecular formula is C48H48Cl2SiZr. The summed E-state index contributed by atoms with van der Waals surface area (Å²) in [5, 5.41) is 10.8. The number of rotatable bonds is 6. The van der Waals surface area contributed by atoms with Gasteiger partial charge in [0.1, 0.15) is 0 Å². The van der Waals surface area contributed by atoms with E-state index in [0.717, 1.165) is 9.52 Å². The Kier molecular flexibility index (Phi) is 15.1. The summed E-state index contributed by atoms with van der Waals surface area (Å²) in [5.74, 6) is 0.678. The van der Waals surface area contributed by atoms with E-state index in [4.69, 9.17) is 17.0 Å². The third-order valence-corrected chi connectivity index (χ3v) is 9.78. The van der Waals surface area contributed by atoms with E-state index < -0.39 is 20.8 Å². The summed E-state index contributed by atoms with van der Waals surface area (Å²) in [5.41, 5.74) is 9.54. The molecule has 0 aliphatic heterocycles. The molecule has 8 aromatic rings. The van der Waals surface area contributed by atoms with Crippen molar-refractivity contribution >= 4 is 69.6 Å². The van der Waals surface area contributed by atoms with Gasteiger partial charge in [-0.2, -0.15) is 12.1 Å². The molecule has 0 heterocycles. The van der Waals surface area contributed by atoms with Crippen molar-refractivity contribution in [1.82, 2.24) is 0 Å². The summed E-state index contributed by atoms with van der Waals surface area (Å²) in [7, 11) is 11.0. The Labute approximate surface area is 332 Å². The average molecular weight is 815 g/mol. The van der Waals surface area contributed by atoms with E-state index >= 15 is 0 Å². The van der Waals surface area contributed by atoms with Gasteiger partial charge in [-0.1, -0.05) is 162 Å². The number of fused-ring (bicyclic) bond motifs is 4. The zero-order valence-corrected chi connectivity index (χ0v) is 36.2. The first kappa shape index (κ1) is 39.9.